The van der Waals surface area contributed by atoms with Gasteiger partial charge in [0, 0.05) is 12.0 Å². The number of hydrogen-bond acceptors (Lipinski definition) is 5. The first kappa shape index (κ1) is 19.1. The second-order valence-corrected chi connectivity index (χ2v) is 7.28. The fraction of sp³-hybridized carbons (Fsp3) is 0.444. The number of hydrogen-bond donors (Lipinski definition) is 2. The minimum absolute atomic E-state index is 0.0229. The SMILES string of the molecule is CCCC(=O)N[C@H](C(=O)Nc1nnc(-c2ccc(C)cc2)s1)C(C)C. The van der Waals surface area contributed by atoms with Crippen LogP contribution in [0.4, 0.5) is 5.13 Å². The van der Waals surface area contributed by atoms with Crippen LogP contribution in [0.25, 0.3) is 10.6 Å². The quantitative estimate of drug-likeness (QED) is 0.793. The Kier molecular flexibility index (Phi) is 6.64. The van der Waals surface area contributed by atoms with Crippen LogP contribution in [0, 0.1) is 12.8 Å². The summed E-state index contributed by atoms with van der Waals surface area (Å²) in [5, 5.41) is 14.9. The Bertz CT molecular complexity index is 725. The Labute approximate surface area is 152 Å². The molecular weight excluding hydrogens is 336 g/mol. The molecule has 1 aromatic heterocycles. The highest BCUT2D eigenvalue weighted by atomic mass is 32.1. The fourth-order valence-electron chi connectivity index (χ4n) is 2.28. The molecule has 1 atom stereocenters. The molecule has 0 aliphatic rings. The minimum atomic E-state index is -0.592. The van der Waals surface area contributed by atoms with E-state index < -0.39 is 6.04 Å². The predicted molar refractivity (Wildman–Crippen MR) is 100 cm³/mol. The van der Waals surface area contributed by atoms with Gasteiger partial charge in [0.15, 0.2) is 0 Å². The van der Waals surface area contributed by atoms with Crippen LogP contribution in [0.15, 0.2) is 24.3 Å². The largest absolute Gasteiger partial charge is 0.344 e. The number of nitrogens with one attached hydrogen (secondary N) is 2. The van der Waals surface area contributed by atoms with E-state index in [0.717, 1.165) is 17.0 Å². The van der Waals surface area contributed by atoms with Crippen molar-refractivity contribution in [1.82, 2.24) is 15.5 Å². The Balaban J connectivity index is 2.06. The lowest BCUT2D eigenvalue weighted by Crippen LogP contribution is -2.47. The van der Waals surface area contributed by atoms with Crippen LogP contribution < -0.4 is 10.6 Å². The second kappa shape index (κ2) is 8.71. The van der Waals surface area contributed by atoms with E-state index in [0.29, 0.717) is 11.6 Å². The maximum Gasteiger partial charge on any atom is 0.249 e. The lowest BCUT2D eigenvalue weighted by atomic mass is 10.0. The van der Waals surface area contributed by atoms with Gasteiger partial charge >= 0.3 is 0 Å². The third-order valence-electron chi connectivity index (χ3n) is 3.70. The zero-order chi connectivity index (χ0) is 18.4. The summed E-state index contributed by atoms with van der Waals surface area (Å²) in [6.07, 6.45) is 1.15. The lowest BCUT2D eigenvalue weighted by Gasteiger charge is -2.20. The summed E-state index contributed by atoms with van der Waals surface area (Å²) in [5.74, 6) is -0.412. The van der Waals surface area contributed by atoms with Crippen molar-refractivity contribution in [2.75, 3.05) is 5.32 Å². The fourth-order valence-corrected chi connectivity index (χ4v) is 3.03. The van der Waals surface area contributed by atoms with Crippen LogP contribution in [0.5, 0.6) is 0 Å². The Morgan fingerprint density at radius 1 is 1.16 bits per heavy atom. The highest BCUT2D eigenvalue weighted by molar-refractivity contribution is 7.18. The van der Waals surface area contributed by atoms with Gasteiger partial charge in [-0.15, -0.1) is 10.2 Å². The second-order valence-electron chi connectivity index (χ2n) is 6.31. The summed E-state index contributed by atoms with van der Waals surface area (Å²) in [6, 6.07) is 7.37. The number of aryl methyl sites for hydroxylation is 1. The Morgan fingerprint density at radius 3 is 2.44 bits per heavy atom. The van der Waals surface area contributed by atoms with Crippen LogP contribution in [-0.4, -0.2) is 28.1 Å². The van der Waals surface area contributed by atoms with Gasteiger partial charge in [0.1, 0.15) is 11.0 Å². The molecule has 0 spiro atoms. The summed E-state index contributed by atoms with van der Waals surface area (Å²) >= 11 is 1.31. The average Bonchev–Trinajstić information content (AvgIpc) is 3.01. The molecule has 0 fully saturated rings. The average molecular weight is 360 g/mol. The van der Waals surface area contributed by atoms with E-state index in [1.54, 1.807) is 0 Å². The summed E-state index contributed by atoms with van der Waals surface area (Å²) in [4.78, 5) is 24.3. The van der Waals surface area contributed by atoms with Gasteiger partial charge in [0.25, 0.3) is 0 Å². The molecule has 0 saturated carbocycles. The van der Waals surface area contributed by atoms with Crippen molar-refractivity contribution in [3.05, 3.63) is 29.8 Å². The number of benzene rings is 1. The highest BCUT2D eigenvalue weighted by Gasteiger charge is 2.25. The monoisotopic (exact) mass is 360 g/mol. The third kappa shape index (κ3) is 5.35. The standard InChI is InChI=1S/C18H24N4O2S/c1-5-6-14(23)19-15(11(2)3)16(24)20-18-22-21-17(25-18)13-9-7-12(4)8-10-13/h7-11,15H,5-6H2,1-4H3,(H,19,23)(H,20,22,24)/t15-/m0/s1. The highest BCUT2D eigenvalue weighted by Crippen LogP contribution is 2.26. The molecule has 1 aromatic carbocycles. The first-order chi connectivity index (χ1) is 11.9. The van der Waals surface area contributed by atoms with E-state index in [-0.39, 0.29) is 17.7 Å². The molecule has 0 unspecified atom stereocenters. The Hall–Kier alpha value is -2.28. The molecule has 2 amide bonds. The van der Waals surface area contributed by atoms with E-state index >= 15 is 0 Å². The van der Waals surface area contributed by atoms with Crippen molar-refractivity contribution >= 4 is 28.3 Å². The molecule has 7 heteroatoms. The molecule has 2 rings (SSSR count). The van der Waals surface area contributed by atoms with Crippen molar-refractivity contribution < 1.29 is 9.59 Å². The zero-order valence-electron chi connectivity index (χ0n) is 15.0. The maximum absolute atomic E-state index is 12.5. The van der Waals surface area contributed by atoms with Crippen LogP contribution in [0.1, 0.15) is 39.2 Å². The van der Waals surface area contributed by atoms with Crippen LogP contribution >= 0.6 is 11.3 Å². The summed E-state index contributed by atoms with van der Waals surface area (Å²) in [6.45, 7) is 7.74. The van der Waals surface area contributed by atoms with Gasteiger partial charge in [-0.1, -0.05) is 61.9 Å². The minimum Gasteiger partial charge on any atom is -0.344 e. The topological polar surface area (TPSA) is 84.0 Å². The molecule has 25 heavy (non-hydrogen) atoms. The first-order valence-electron chi connectivity index (χ1n) is 8.41. The van der Waals surface area contributed by atoms with E-state index in [4.69, 9.17) is 0 Å². The number of anilines is 1. The lowest BCUT2D eigenvalue weighted by molar-refractivity contribution is -0.127. The van der Waals surface area contributed by atoms with Gasteiger partial charge in [-0.2, -0.15) is 0 Å². The van der Waals surface area contributed by atoms with E-state index in [9.17, 15) is 9.59 Å². The smallest absolute Gasteiger partial charge is 0.249 e. The molecule has 0 aliphatic heterocycles. The van der Waals surface area contributed by atoms with Crippen molar-refractivity contribution in [2.45, 2.75) is 46.6 Å². The zero-order valence-corrected chi connectivity index (χ0v) is 15.8. The predicted octanol–water partition coefficient (Wildman–Crippen LogP) is 3.39. The number of rotatable bonds is 7. The van der Waals surface area contributed by atoms with Gasteiger partial charge < -0.3 is 5.32 Å². The number of nitrogens with zero attached hydrogens (tertiary/aromatic N) is 2. The first-order valence-corrected chi connectivity index (χ1v) is 9.23. The van der Waals surface area contributed by atoms with E-state index in [1.807, 2.05) is 52.0 Å². The molecule has 0 radical (unpaired) electrons. The summed E-state index contributed by atoms with van der Waals surface area (Å²) in [7, 11) is 0. The van der Waals surface area contributed by atoms with E-state index in [2.05, 4.69) is 20.8 Å². The van der Waals surface area contributed by atoms with Gasteiger partial charge in [-0.25, -0.2) is 0 Å². The molecule has 2 N–H and O–H groups in total. The number of carbonyl (C=O) groups is 2. The molecule has 0 aliphatic carbocycles. The number of amides is 2. The molecule has 1 heterocycles. The molecule has 0 bridgehead atoms. The van der Waals surface area contributed by atoms with Crippen LogP contribution in [0.3, 0.4) is 0 Å². The number of aromatic nitrogens is 2. The van der Waals surface area contributed by atoms with Crippen molar-refractivity contribution in [3.8, 4) is 10.6 Å². The molecule has 134 valence electrons. The molecular formula is C18H24N4O2S. The maximum atomic E-state index is 12.5. The molecule has 2 aromatic rings. The molecule has 0 saturated heterocycles. The van der Waals surface area contributed by atoms with Gasteiger partial charge in [-0.05, 0) is 19.3 Å². The van der Waals surface area contributed by atoms with Gasteiger partial charge in [-0.3, -0.25) is 14.9 Å². The third-order valence-corrected chi connectivity index (χ3v) is 4.58. The van der Waals surface area contributed by atoms with Crippen molar-refractivity contribution in [2.24, 2.45) is 5.92 Å². The van der Waals surface area contributed by atoms with Gasteiger partial charge in [0.05, 0.1) is 0 Å². The van der Waals surface area contributed by atoms with Crippen LogP contribution in [-0.2, 0) is 9.59 Å². The summed E-state index contributed by atoms with van der Waals surface area (Å²) < 4.78 is 0. The Morgan fingerprint density at radius 2 is 1.84 bits per heavy atom. The normalized spacial score (nSPS) is 12.0. The van der Waals surface area contributed by atoms with Crippen molar-refractivity contribution in [1.29, 1.82) is 0 Å². The van der Waals surface area contributed by atoms with Crippen molar-refractivity contribution in [3.63, 3.8) is 0 Å². The molecule has 6 nitrogen and oxygen atoms in total. The number of carbonyl (C=O) groups excluding carboxylic acids is 2. The van der Waals surface area contributed by atoms with E-state index in [1.165, 1.54) is 16.9 Å². The van der Waals surface area contributed by atoms with Gasteiger partial charge in [0.2, 0.25) is 16.9 Å². The summed E-state index contributed by atoms with van der Waals surface area (Å²) in [5.41, 5.74) is 2.13. The van der Waals surface area contributed by atoms with Crippen LogP contribution in [0.2, 0.25) is 0 Å².